The lowest BCUT2D eigenvalue weighted by Crippen LogP contribution is -2.18. The Hall–Kier alpha value is -2.82. The number of carbonyl (C=O) groups excluding carboxylic acids is 2. The molecule has 4 N–H and O–H groups in total. The highest BCUT2D eigenvalue weighted by atomic mass is 32.1. The summed E-state index contributed by atoms with van der Waals surface area (Å²) in [6.07, 6.45) is 0. The molecule has 0 spiro atoms. The summed E-state index contributed by atoms with van der Waals surface area (Å²) in [5.74, 6) is -0.753. The van der Waals surface area contributed by atoms with Gasteiger partial charge >= 0.3 is 0 Å². The van der Waals surface area contributed by atoms with Gasteiger partial charge in [0.05, 0.1) is 16.3 Å². The Kier molecular flexibility index (Phi) is 5.26. The molecule has 0 fully saturated rings. The molecule has 26 heavy (non-hydrogen) atoms. The lowest BCUT2D eigenvalue weighted by atomic mass is 10.2. The van der Waals surface area contributed by atoms with E-state index in [4.69, 9.17) is 5.21 Å². The maximum atomic E-state index is 11.5. The number of thiazole rings is 2. The molecular formula is C16H15N5O3S2. The first kappa shape index (κ1) is 18.0. The van der Waals surface area contributed by atoms with Crippen molar-refractivity contribution in [2.24, 2.45) is 0 Å². The molecule has 3 rings (SSSR count). The number of anilines is 3. The maximum absolute atomic E-state index is 11.5. The molecule has 0 atom stereocenters. The van der Waals surface area contributed by atoms with Crippen LogP contribution in [0.3, 0.4) is 0 Å². The van der Waals surface area contributed by atoms with Gasteiger partial charge in [0.2, 0.25) is 5.91 Å². The van der Waals surface area contributed by atoms with E-state index in [0.717, 1.165) is 16.3 Å². The molecule has 0 aliphatic rings. The predicted octanol–water partition coefficient (Wildman–Crippen LogP) is 3.40. The molecule has 0 unspecified atom stereocenters. The lowest BCUT2D eigenvalue weighted by Gasteiger charge is -2.04. The molecule has 2 heterocycles. The summed E-state index contributed by atoms with van der Waals surface area (Å²) in [5.41, 5.74) is 4.15. The quantitative estimate of drug-likeness (QED) is 0.393. The standard InChI is InChI=1S/C16H15N5O3S2/c1-8-13(26-16(17-8)18-9(2)22)12-7-25-15(20-12)19-11-5-3-4-10(6-11)14(23)21-24/h3-7,24H,1-2H3,(H,19,20)(H,21,23)(H,17,18,22). The summed E-state index contributed by atoms with van der Waals surface area (Å²) in [5, 5.41) is 17.6. The van der Waals surface area contributed by atoms with E-state index in [1.54, 1.807) is 29.7 Å². The van der Waals surface area contributed by atoms with Crippen LogP contribution in [0.25, 0.3) is 10.6 Å². The number of benzene rings is 1. The number of amides is 2. The average molecular weight is 389 g/mol. The molecule has 8 nitrogen and oxygen atoms in total. The van der Waals surface area contributed by atoms with Crippen LogP contribution < -0.4 is 16.1 Å². The molecule has 0 radical (unpaired) electrons. The van der Waals surface area contributed by atoms with E-state index >= 15 is 0 Å². The molecule has 0 aliphatic heterocycles. The third-order valence-electron chi connectivity index (χ3n) is 3.29. The third-order valence-corrected chi connectivity index (χ3v) is 5.15. The van der Waals surface area contributed by atoms with E-state index in [9.17, 15) is 9.59 Å². The van der Waals surface area contributed by atoms with Gasteiger partial charge < -0.3 is 10.6 Å². The lowest BCUT2D eigenvalue weighted by molar-refractivity contribution is -0.114. The van der Waals surface area contributed by atoms with Crippen LogP contribution in [0.2, 0.25) is 0 Å². The molecule has 2 amide bonds. The van der Waals surface area contributed by atoms with Crippen LogP contribution >= 0.6 is 22.7 Å². The van der Waals surface area contributed by atoms with E-state index < -0.39 is 5.91 Å². The summed E-state index contributed by atoms with van der Waals surface area (Å²) in [6.45, 7) is 3.30. The number of aryl methyl sites for hydroxylation is 1. The van der Waals surface area contributed by atoms with Crippen molar-refractivity contribution in [3.05, 3.63) is 40.9 Å². The summed E-state index contributed by atoms with van der Waals surface area (Å²) >= 11 is 2.77. The fourth-order valence-electron chi connectivity index (χ4n) is 2.20. The first-order valence-electron chi connectivity index (χ1n) is 7.48. The van der Waals surface area contributed by atoms with E-state index in [1.165, 1.54) is 29.6 Å². The van der Waals surface area contributed by atoms with Crippen molar-refractivity contribution >= 4 is 50.4 Å². The van der Waals surface area contributed by atoms with Crippen molar-refractivity contribution in [2.75, 3.05) is 10.6 Å². The highest BCUT2D eigenvalue weighted by Gasteiger charge is 2.14. The topological polar surface area (TPSA) is 116 Å². The van der Waals surface area contributed by atoms with Crippen LogP contribution in [-0.4, -0.2) is 27.0 Å². The molecule has 1 aromatic carbocycles. The van der Waals surface area contributed by atoms with E-state index in [0.29, 0.717) is 21.5 Å². The zero-order valence-electron chi connectivity index (χ0n) is 13.9. The second kappa shape index (κ2) is 7.60. The molecule has 3 aromatic rings. The number of hydroxylamine groups is 1. The first-order valence-corrected chi connectivity index (χ1v) is 9.18. The van der Waals surface area contributed by atoms with Crippen LogP contribution in [0.15, 0.2) is 29.6 Å². The molecule has 0 saturated carbocycles. The van der Waals surface area contributed by atoms with E-state index in [2.05, 4.69) is 20.6 Å². The Bertz CT molecular complexity index is 966. The Morgan fingerprint density at radius 3 is 2.73 bits per heavy atom. The minimum Gasteiger partial charge on any atom is -0.332 e. The maximum Gasteiger partial charge on any atom is 0.274 e. The molecule has 0 saturated heterocycles. The fraction of sp³-hybridized carbons (Fsp3) is 0.125. The minimum absolute atomic E-state index is 0.169. The predicted molar refractivity (Wildman–Crippen MR) is 101 cm³/mol. The zero-order valence-corrected chi connectivity index (χ0v) is 15.5. The SMILES string of the molecule is CC(=O)Nc1nc(C)c(-c2csc(Nc3cccc(C(=O)NO)c3)n2)s1. The monoisotopic (exact) mass is 389 g/mol. The van der Waals surface area contributed by atoms with E-state index in [-0.39, 0.29) is 5.91 Å². The number of hydrogen-bond acceptors (Lipinski definition) is 8. The van der Waals surface area contributed by atoms with Crippen molar-refractivity contribution in [1.82, 2.24) is 15.4 Å². The average Bonchev–Trinajstić information content (AvgIpc) is 3.20. The Labute approximate surface area is 156 Å². The van der Waals surface area contributed by atoms with Gasteiger partial charge in [0, 0.05) is 23.6 Å². The number of hydrogen-bond donors (Lipinski definition) is 4. The third kappa shape index (κ3) is 4.04. The van der Waals surface area contributed by atoms with Gasteiger partial charge in [0.15, 0.2) is 10.3 Å². The van der Waals surface area contributed by atoms with Crippen molar-refractivity contribution in [2.45, 2.75) is 13.8 Å². The van der Waals surface area contributed by atoms with E-state index in [1.807, 2.05) is 12.3 Å². The van der Waals surface area contributed by atoms with Crippen LogP contribution in [0.4, 0.5) is 16.0 Å². The van der Waals surface area contributed by atoms with Crippen molar-refractivity contribution in [3.8, 4) is 10.6 Å². The molecule has 0 bridgehead atoms. The van der Waals surface area contributed by atoms with Gasteiger partial charge in [-0.2, -0.15) is 0 Å². The van der Waals surface area contributed by atoms with Gasteiger partial charge in [-0.1, -0.05) is 17.4 Å². The number of rotatable bonds is 5. The van der Waals surface area contributed by atoms with Crippen LogP contribution in [0, 0.1) is 6.92 Å². The number of nitrogens with one attached hydrogen (secondary N) is 3. The Balaban J connectivity index is 1.79. The van der Waals surface area contributed by atoms with Crippen LogP contribution in [0.5, 0.6) is 0 Å². The fourth-order valence-corrected chi connectivity index (χ4v) is 3.97. The second-order valence-corrected chi connectivity index (χ2v) is 7.16. The molecule has 134 valence electrons. The van der Waals surface area contributed by atoms with Gasteiger partial charge in [-0.25, -0.2) is 15.4 Å². The summed E-state index contributed by atoms with van der Waals surface area (Å²) in [7, 11) is 0. The van der Waals surface area contributed by atoms with Crippen LogP contribution in [0.1, 0.15) is 23.0 Å². The largest absolute Gasteiger partial charge is 0.332 e. The normalized spacial score (nSPS) is 10.4. The summed E-state index contributed by atoms with van der Waals surface area (Å²) in [6, 6.07) is 6.70. The smallest absolute Gasteiger partial charge is 0.274 e. The van der Waals surface area contributed by atoms with Gasteiger partial charge in [-0.05, 0) is 25.1 Å². The number of aromatic nitrogens is 2. The van der Waals surface area contributed by atoms with Gasteiger partial charge in [-0.15, -0.1) is 11.3 Å². The summed E-state index contributed by atoms with van der Waals surface area (Å²) in [4.78, 5) is 32.4. The highest BCUT2D eigenvalue weighted by molar-refractivity contribution is 7.20. The second-order valence-electron chi connectivity index (χ2n) is 5.30. The summed E-state index contributed by atoms with van der Waals surface area (Å²) < 4.78 is 0. The van der Waals surface area contributed by atoms with Gasteiger partial charge in [0.25, 0.3) is 5.91 Å². The van der Waals surface area contributed by atoms with Crippen LogP contribution in [-0.2, 0) is 4.79 Å². The molecule has 2 aromatic heterocycles. The Morgan fingerprint density at radius 1 is 1.19 bits per heavy atom. The van der Waals surface area contributed by atoms with Crippen molar-refractivity contribution in [1.29, 1.82) is 0 Å². The zero-order chi connectivity index (χ0) is 18.7. The van der Waals surface area contributed by atoms with Gasteiger partial charge in [-0.3, -0.25) is 14.8 Å². The van der Waals surface area contributed by atoms with Crippen molar-refractivity contribution < 1.29 is 14.8 Å². The number of carbonyl (C=O) groups is 2. The van der Waals surface area contributed by atoms with Gasteiger partial charge in [0.1, 0.15) is 0 Å². The highest BCUT2D eigenvalue weighted by Crippen LogP contribution is 2.35. The first-order chi connectivity index (χ1) is 12.5. The minimum atomic E-state index is -0.584. The molecular weight excluding hydrogens is 374 g/mol. The molecule has 10 heteroatoms. The Morgan fingerprint density at radius 2 is 2.00 bits per heavy atom. The van der Waals surface area contributed by atoms with Crippen molar-refractivity contribution in [3.63, 3.8) is 0 Å². The molecule has 0 aliphatic carbocycles. The number of nitrogens with zero attached hydrogens (tertiary/aromatic N) is 2.